The molecule has 0 fully saturated rings. The molecule has 0 unspecified atom stereocenters. The Hall–Kier alpha value is -5.83. The van der Waals surface area contributed by atoms with Crippen LogP contribution in [0.2, 0.25) is 0 Å². The maximum atomic E-state index is 5.04. The smallest absolute Gasteiger partial charge is 0.319 e. The van der Waals surface area contributed by atoms with E-state index in [1.165, 1.54) is 11.1 Å². The summed E-state index contributed by atoms with van der Waals surface area (Å²) in [5.41, 5.74) is 10.7. The molecular weight excluding hydrogens is 852 g/mol. The maximum absolute atomic E-state index is 5.04. The van der Waals surface area contributed by atoms with E-state index >= 15 is 0 Å². The van der Waals surface area contributed by atoms with Gasteiger partial charge >= 0.3 is 21.1 Å². The molecule has 0 saturated carbocycles. The van der Waals surface area contributed by atoms with E-state index in [0.717, 1.165) is 67.0 Å². The van der Waals surface area contributed by atoms with E-state index in [1.807, 2.05) is 17.8 Å². The van der Waals surface area contributed by atoms with Gasteiger partial charge < -0.3 is 4.57 Å². The predicted molar refractivity (Wildman–Crippen MR) is 220 cm³/mol. The van der Waals surface area contributed by atoms with Crippen molar-refractivity contribution < 1.29 is 21.1 Å². The molecule has 9 rings (SSSR count). The fourth-order valence-electron chi connectivity index (χ4n) is 8.28. The Bertz CT molecular complexity index is 2720. The maximum Gasteiger partial charge on any atom is 2.00 e. The van der Waals surface area contributed by atoms with Crippen LogP contribution in [0.4, 0.5) is 0 Å². The van der Waals surface area contributed by atoms with Crippen molar-refractivity contribution in [1.29, 1.82) is 0 Å². The van der Waals surface area contributed by atoms with Crippen LogP contribution in [0.3, 0.4) is 0 Å². The zero-order valence-electron chi connectivity index (χ0n) is 31.3. The fraction of sp³-hybridized carbons (Fsp3) is 0.120. The summed E-state index contributed by atoms with van der Waals surface area (Å²) in [6.45, 7) is 8.68. The van der Waals surface area contributed by atoms with Gasteiger partial charge in [-0.15, -0.1) is 22.6 Å². The molecule has 0 aliphatic heterocycles. The average Bonchev–Trinajstić information content (AvgIpc) is 3.74. The summed E-state index contributed by atoms with van der Waals surface area (Å²) in [5, 5.41) is 7.13. The van der Waals surface area contributed by atoms with Crippen LogP contribution in [0.25, 0.3) is 33.3 Å². The number of fused-ring (bicyclic) bond motifs is 3. The largest absolute Gasteiger partial charge is 2.00 e. The van der Waals surface area contributed by atoms with Crippen molar-refractivity contribution in [3.05, 3.63) is 227 Å². The number of hydrogen-bond acceptors (Lipinski definition) is 2. The minimum atomic E-state index is -0.769. The number of hydrogen-bond donors (Lipinski definition) is 0. The molecule has 0 radical (unpaired) electrons. The molecular formula is C50H40N4Pt. The predicted octanol–water partition coefficient (Wildman–Crippen LogP) is 11.3. The van der Waals surface area contributed by atoms with Gasteiger partial charge in [-0.2, -0.15) is 41.5 Å². The van der Waals surface area contributed by atoms with Crippen LogP contribution in [0.15, 0.2) is 170 Å². The molecule has 0 spiro atoms. The van der Waals surface area contributed by atoms with Crippen LogP contribution in [0.1, 0.15) is 58.6 Å². The Balaban J connectivity index is 0.00000427. The minimum Gasteiger partial charge on any atom is -0.319 e. The van der Waals surface area contributed by atoms with Crippen LogP contribution in [-0.2, 0) is 31.9 Å². The summed E-state index contributed by atoms with van der Waals surface area (Å²) in [4.78, 5) is 5.04. The quantitative estimate of drug-likeness (QED) is 0.113. The SMILES string of the molecule is Cc1cc(C)n(-c2[c-]c(C(c3[c-]c4c(cc3)c3ccccc3n4-c3cc(C(C)(C)c4ccccc4)ccn3)(c3ccccc3)c3ccccc3)ccc2)n1.[Pt+2]. The van der Waals surface area contributed by atoms with Crippen LogP contribution in [0.5, 0.6) is 0 Å². The molecule has 0 aliphatic carbocycles. The first kappa shape index (κ1) is 36.2. The third-order valence-electron chi connectivity index (χ3n) is 11.0. The molecule has 0 amide bonds. The number of para-hydroxylation sites is 1. The first-order valence-corrected chi connectivity index (χ1v) is 18.5. The number of nitrogens with zero attached hydrogens (tertiary/aromatic N) is 4. The van der Waals surface area contributed by atoms with Gasteiger partial charge in [0.2, 0.25) is 0 Å². The van der Waals surface area contributed by atoms with Gasteiger partial charge in [-0.3, -0.25) is 4.68 Å². The second kappa shape index (κ2) is 14.4. The molecule has 0 atom stereocenters. The Morgan fingerprint density at radius 3 is 1.82 bits per heavy atom. The van der Waals surface area contributed by atoms with Crippen LogP contribution in [-0.4, -0.2) is 19.3 Å². The van der Waals surface area contributed by atoms with E-state index < -0.39 is 5.41 Å². The summed E-state index contributed by atoms with van der Waals surface area (Å²) in [7, 11) is 0. The van der Waals surface area contributed by atoms with Crippen molar-refractivity contribution in [2.45, 2.75) is 38.5 Å². The van der Waals surface area contributed by atoms with Crippen molar-refractivity contribution >= 4 is 21.8 Å². The minimum absolute atomic E-state index is 0. The molecule has 3 heterocycles. The standard InChI is InChI=1S/C50H40N4.Pt/c1-35-31-36(2)54(52-35)43-24-16-23-41(32-43)50(38-19-10-6-11-20-38,39-21-12-7-13-22-39)42-27-28-45-44-25-14-15-26-46(44)53(47(45)33-42)48-34-40(29-30-51-48)49(3,4)37-17-8-5-9-18-37;/h5-31,34H,1-4H3;/q-2;+2. The molecule has 0 bridgehead atoms. The summed E-state index contributed by atoms with van der Waals surface area (Å²) in [6, 6.07) is 66.2. The van der Waals surface area contributed by atoms with Crippen LogP contribution in [0, 0.1) is 26.0 Å². The van der Waals surface area contributed by atoms with Crippen molar-refractivity contribution in [2.75, 3.05) is 0 Å². The van der Waals surface area contributed by atoms with E-state index in [2.05, 4.69) is 201 Å². The summed E-state index contributed by atoms with van der Waals surface area (Å²) >= 11 is 0. The third-order valence-corrected chi connectivity index (χ3v) is 11.0. The summed E-state index contributed by atoms with van der Waals surface area (Å²) < 4.78 is 4.27. The monoisotopic (exact) mass is 891 g/mol. The van der Waals surface area contributed by atoms with Crippen molar-refractivity contribution in [3.8, 4) is 11.5 Å². The van der Waals surface area contributed by atoms with Crippen molar-refractivity contribution in [1.82, 2.24) is 19.3 Å². The third kappa shape index (κ3) is 6.06. The van der Waals surface area contributed by atoms with Gasteiger partial charge in [0.05, 0.1) is 5.69 Å². The summed E-state index contributed by atoms with van der Waals surface area (Å²) in [5.74, 6) is 0.860. The van der Waals surface area contributed by atoms with Crippen LogP contribution >= 0.6 is 0 Å². The first-order chi connectivity index (χ1) is 26.4. The molecule has 270 valence electrons. The molecule has 0 aliphatic rings. The Morgan fingerprint density at radius 1 is 0.545 bits per heavy atom. The number of aryl methyl sites for hydroxylation is 2. The van der Waals surface area contributed by atoms with E-state index in [-0.39, 0.29) is 26.5 Å². The van der Waals surface area contributed by atoms with Crippen LogP contribution < -0.4 is 0 Å². The van der Waals surface area contributed by atoms with Gasteiger partial charge in [0.1, 0.15) is 5.82 Å². The molecule has 3 aromatic heterocycles. The molecule has 0 saturated heterocycles. The average molecular weight is 892 g/mol. The molecule has 6 aromatic carbocycles. The second-order valence-electron chi connectivity index (χ2n) is 14.7. The number of pyridine rings is 1. The van der Waals surface area contributed by atoms with Gasteiger partial charge in [0.25, 0.3) is 0 Å². The Kier molecular flexibility index (Phi) is 9.49. The molecule has 5 heteroatoms. The number of rotatable bonds is 8. The zero-order valence-corrected chi connectivity index (χ0v) is 33.5. The molecule has 4 nitrogen and oxygen atoms in total. The second-order valence-corrected chi connectivity index (χ2v) is 14.7. The van der Waals surface area contributed by atoms with E-state index in [1.54, 1.807) is 0 Å². The molecule has 0 N–H and O–H groups in total. The topological polar surface area (TPSA) is 35.6 Å². The Morgan fingerprint density at radius 2 is 1.16 bits per heavy atom. The summed E-state index contributed by atoms with van der Waals surface area (Å²) in [6.07, 6.45) is 1.94. The normalized spacial score (nSPS) is 11.9. The van der Waals surface area contributed by atoms with Gasteiger partial charge in [-0.05, 0) is 71.4 Å². The number of benzene rings is 6. The fourth-order valence-corrected chi connectivity index (χ4v) is 8.28. The van der Waals surface area contributed by atoms with E-state index in [4.69, 9.17) is 10.1 Å². The van der Waals surface area contributed by atoms with Gasteiger partial charge in [-0.25, -0.2) is 4.98 Å². The number of aromatic nitrogens is 4. The van der Waals surface area contributed by atoms with Crippen molar-refractivity contribution in [2.24, 2.45) is 0 Å². The van der Waals surface area contributed by atoms with E-state index in [9.17, 15) is 0 Å². The zero-order chi connectivity index (χ0) is 36.9. The van der Waals surface area contributed by atoms with Gasteiger partial charge in [-0.1, -0.05) is 129 Å². The molecule has 9 aromatic rings. The van der Waals surface area contributed by atoms with Gasteiger partial charge in [0, 0.05) is 28.2 Å². The van der Waals surface area contributed by atoms with E-state index in [0.29, 0.717) is 0 Å². The first-order valence-electron chi connectivity index (χ1n) is 18.5. The Labute approximate surface area is 337 Å². The molecule has 55 heavy (non-hydrogen) atoms. The van der Waals surface area contributed by atoms with Gasteiger partial charge in [0.15, 0.2) is 0 Å². The van der Waals surface area contributed by atoms with Crippen molar-refractivity contribution in [3.63, 3.8) is 0 Å².